The van der Waals surface area contributed by atoms with E-state index in [1.165, 1.54) is 0 Å². The van der Waals surface area contributed by atoms with Crippen LogP contribution in [0.5, 0.6) is 0 Å². The lowest BCUT2D eigenvalue weighted by molar-refractivity contribution is -0.0695. The molecular formula is C17H23NO3. The van der Waals surface area contributed by atoms with Crippen molar-refractivity contribution in [2.24, 2.45) is 5.92 Å². The second kappa shape index (κ2) is 5.70. The minimum absolute atomic E-state index is 0.00111. The van der Waals surface area contributed by atoms with Crippen molar-refractivity contribution in [3.05, 3.63) is 48.3 Å². The van der Waals surface area contributed by atoms with Gasteiger partial charge in [-0.3, -0.25) is 5.32 Å². The molecule has 4 heteroatoms. The molecule has 3 rings (SSSR count). The predicted octanol–water partition coefficient (Wildman–Crippen LogP) is 3.82. The molecule has 0 aromatic carbocycles. The maximum absolute atomic E-state index is 11.0. The number of hydrogen-bond donors (Lipinski definition) is 2. The highest BCUT2D eigenvalue weighted by Gasteiger charge is 2.46. The van der Waals surface area contributed by atoms with E-state index in [4.69, 9.17) is 8.83 Å². The van der Waals surface area contributed by atoms with Gasteiger partial charge in [0.25, 0.3) is 0 Å². The highest BCUT2D eigenvalue weighted by molar-refractivity contribution is 5.16. The van der Waals surface area contributed by atoms with Gasteiger partial charge in [0.2, 0.25) is 0 Å². The van der Waals surface area contributed by atoms with E-state index in [9.17, 15) is 5.11 Å². The van der Waals surface area contributed by atoms with Crippen molar-refractivity contribution in [2.45, 2.75) is 50.8 Å². The Morgan fingerprint density at radius 3 is 2.48 bits per heavy atom. The molecule has 4 atom stereocenters. The van der Waals surface area contributed by atoms with E-state index in [1.54, 1.807) is 12.5 Å². The summed E-state index contributed by atoms with van der Waals surface area (Å²) < 4.78 is 11.1. The molecule has 0 unspecified atom stereocenters. The molecule has 1 fully saturated rings. The van der Waals surface area contributed by atoms with E-state index in [2.05, 4.69) is 12.2 Å². The fourth-order valence-electron chi connectivity index (χ4n) is 3.53. The predicted molar refractivity (Wildman–Crippen MR) is 79.7 cm³/mol. The normalized spacial score (nSPS) is 33.2. The van der Waals surface area contributed by atoms with Crippen molar-refractivity contribution < 1.29 is 13.9 Å². The Morgan fingerprint density at radius 1 is 1.24 bits per heavy atom. The van der Waals surface area contributed by atoms with Gasteiger partial charge in [-0.05, 0) is 44.0 Å². The van der Waals surface area contributed by atoms with Gasteiger partial charge < -0.3 is 13.9 Å². The number of aliphatic hydroxyl groups is 1. The number of furan rings is 2. The SMILES string of the molecule is CCC[C@@H]1[C@H](c2ccco2)N[C@@H](c2ccco2)C[C@]1(C)O. The molecule has 0 bridgehead atoms. The van der Waals surface area contributed by atoms with Crippen LogP contribution in [0.25, 0.3) is 0 Å². The Kier molecular flexibility index (Phi) is 3.91. The first-order chi connectivity index (χ1) is 10.1. The smallest absolute Gasteiger partial charge is 0.121 e. The zero-order chi connectivity index (χ0) is 14.9. The third kappa shape index (κ3) is 2.78. The number of hydrogen-bond acceptors (Lipinski definition) is 4. The van der Waals surface area contributed by atoms with Crippen molar-refractivity contribution in [3.8, 4) is 0 Å². The fraction of sp³-hybridized carbons (Fsp3) is 0.529. The first kappa shape index (κ1) is 14.4. The molecule has 3 heterocycles. The monoisotopic (exact) mass is 289 g/mol. The molecule has 4 nitrogen and oxygen atoms in total. The standard InChI is InChI=1S/C17H23NO3/c1-3-6-12-16(15-8-5-10-21-15)18-13(11-17(12,2)19)14-7-4-9-20-14/h4-5,7-10,12-13,16,18-19H,3,6,11H2,1-2H3/t12-,13-,16-,17+/m1/s1. The van der Waals surface area contributed by atoms with Gasteiger partial charge in [-0.25, -0.2) is 0 Å². The Hall–Kier alpha value is -1.52. The van der Waals surface area contributed by atoms with Crippen LogP contribution in [0.4, 0.5) is 0 Å². The number of nitrogens with one attached hydrogen (secondary N) is 1. The molecule has 0 spiro atoms. The third-order valence-corrected chi connectivity index (χ3v) is 4.54. The summed E-state index contributed by atoms with van der Waals surface area (Å²) in [7, 11) is 0. The largest absolute Gasteiger partial charge is 0.468 e. The number of rotatable bonds is 4. The van der Waals surface area contributed by atoms with Crippen LogP contribution < -0.4 is 5.32 Å². The van der Waals surface area contributed by atoms with E-state index < -0.39 is 5.60 Å². The van der Waals surface area contributed by atoms with E-state index in [0.29, 0.717) is 6.42 Å². The van der Waals surface area contributed by atoms with Gasteiger partial charge in [-0.15, -0.1) is 0 Å². The van der Waals surface area contributed by atoms with Crippen molar-refractivity contribution >= 4 is 0 Å². The Bertz CT molecular complexity index is 545. The zero-order valence-corrected chi connectivity index (χ0v) is 12.6. The second-order valence-electron chi connectivity index (χ2n) is 6.18. The molecule has 21 heavy (non-hydrogen) atoms. The highest BCUT2D eigenvalue weighted by atomic mass is 16.3. The molecule has 0 amide bonds. The van der Waals surface area contributed by atoms with Gasteiger partial charge in [0.15, 0.2) is 0 Å². The maximum Gasteiger partial charge on any atom is 0.121 e. The summed E-state index contributed by atoms with van der Waals surface area (Å²) in [6.07, 6.45) is 5.99. The summed E-state index contributed by atoms with van der Waals surface area (Å²) in [4.78, 5) is 0. The van der Waals surface area contributed by atoms with Crippen LogP contribution in [0.2, 0.25) is 0 Å². The minimum atomic E-state index is -0.754. The first-order valence-electron chi connectivity index (χ1n) is 7.67. The fourth-order valence-corrected chi connectivity index (χ4v) is 3.53. The van der Waals surface area contributed by atoms with Crippen molar-refractivity contribution in [3.63, 3.8) is 0 Å². The summed E-state index contributed by atoms with van der Waals surface area (Å²) in [6.45, 7) is 4.08. The lowest BCUT2D eigenvalue weighted by Gasteiger charge is -2.45. The van der Waals surface area contributed by atoms with Gasteiger partial charge in [0, 0.05) is 5.92 Å². The Labute approximate surface area is 125 Å². The summed E-state index contributed by atoms with van der Waals surface area (Å²) in [5, 5.41) is 14.6. The third-order valence-electron chi connectivity index (χ3n) is 4.54. The quantitative estimate of drug-likeness (QED) is 0.898. The molecule has 1 aliphatic heterocycles. The minimum Gasteiger partial charge on any atom is -0.468 e. The van der Waals surface area contributed by atoms with Crippen molar-refractivity contribution in [1.29, 1.82) is 0 Å². The van der Waals surface area contributed by atoms with Crippen LogP contribution >= 0.6 is 0 Å². The summed E-state index contributed by atoms with van der Waals surface area (Å²) in [6, 6.07) is 7.70. The van der Waals surface area contributed by atoms with Gasteiger partial charge in [-0.2, -0.15) is 0 Å². The average Bonchev–Trinajstić information content (AvgIpc) is 3.13. The molecule has 1 aliphatic rings. The molecule has 2 aromatic rings. The topological polar surface area (TPSA) is 58.5 Å². The van der Waals surface area contributed by atoms with Crippen LogP contribution in [0.3, 0.4) is 0 Å². The Morgan fingerprint density at radius 2 is 1.90 bits per heavy atom. The van der Waals surface area contributed by atoms with Gasteiger partial charge in [-0.1, -0.05) is 13.3 Å². The second-order valence-corrected chi connectivity index (χ2v) is 6.18. The van der Waals surface area contributed by atoms with Gasteiger partial charge in [0.05, 0.1) is 30.2 Å². The summed E-state index contributed by atoms with van der Waals surface area (Å²) in [5.74, 6) is 1.87. The van der Waals surface area contributed by atoms with Gasteiger partial charge in [0.1, 0.15) is 11.5 Å². The van der Waals surface area contributed by atoms with Crippen LogP contribution in [0.15, 0.2) is 45.6 Å². The van der Waals surface area contributed by atoms with Crippen molar-refractivity contribution in [1.82, 2.24) is 5.32 Å². The number of piperidine rings is 1. The molecular weight excluding hydrogens is 266 g/mol. The average molecular weight is 289 g/mol. The molecule has 114 valence electrons. The molecule has 0 saturated carbocycles. The molecule has 1 saturated heterocycles. The van der Waals surface area contributed by atoms with E-state index in [1.807, 2.05) is 31.2 Å². The van der Waals surface area contributed by atoms with Crippen molar-refractivity contribution in [2.75, 3.05) is 0 Å². The zero-order valence-electron chi connectivity index (χ0n) is 12.6. The maximum atomic E-state index is 11.0. The molecule has 0 radical (unpaired) electrons. The summed E-state index contributed by atoms with van der Waals surface area (Å²) >= 11 is 0. The molecule has 2 aromatic heterocycles. The lowest BCUT2D eigenvalue weighted by Crippen LogP contribution is -2.51. The molecule has 2 N–H and O–H groups in total. The van der Waals surface area contributed by atoms with Crippen LogP contribution in [0, 0.1) is 5.92 Å². The molecule has 0 aliphatic carbocycles. The van der Waals surface area contributed by atoms with Crippen LogP contribution in [0.1, 0.15) is 56.7 Å². The van der Waals surface area contributed by atoms with E-state index in [0.717, 1.165) is 24.4 Å². The van der Waals surface area contributed by atoms with E-state index in [-0.39, 0.29) is 18.0 Å². The van der Waals surface area contributed by atoms with E-state index >= 15 is 0 Å². The van der Waals surface area contributed by atoms with Crippen LogP contribution in [-0.4, -0.2) is 10.7 Å². The van der Waals surface area contributed by atoms with Crippen LogP contribution in [-0.2, 0) is 0 Å². The lowest BCUT2D eigenvalue weighted by atomic mass is 9.72. The Balaban J connectivity index is 1.92. The first-order valence-corrected chi connectivity index (χ1v) is 7.67. The van der Waals surface area contributed by atoms with Gasteiger partial charge >= 0.3 is 0 Å². The summed E-state index contributed by atoms with van der Waals surface area (Å²) in [5.41, 5.74) is -0.754. The highest BCUT2D eigenvalue weighted by Crippen LogP contribution is 2.45.